The number of hydrogen-bond donors (Lipinski definition) is 0. The van der Waals surface area contributed by atoms with Gasteiger partial charge in [0.25, 0.3) is 0 Å². The van der Waals surface area contributed by atoms with Crippen molar-refractivity contribution in [2.75, 3.05) is 18.0 Å². The minimum Gasteiger partial charge on any atom is -0.355 e. The SMILES string of the molecule is CC(C)C1CCN(c2nnc(Cl)c3ccccc23)CC1. The number of halogens is 1. The van der Waals surface area contributed by atoms with Crippen molar-refractivity contribution < 1.29 is 0 Å². The normalized spacial score (nSPS) is 17.1. The summed E-state index contributed by atoms with van der Waals surface area (Å²) in [5.41, 5.74) is 0. The molecule has 0 radical (unpaired) electrons. The number of piperidine rings is 1. The molecule has 106 valence electrons. The zero-order valence-corrected chi connectivity index (χ0v) is 12.8. The molecule has 0 saturated carbocycles. The molecule has 0 aliphatic carbocycles. The fraction of sp³-hybridized carbons (Fsp3) is 0.500. The summed E-state index contributed by atoms with van der Waals surface area (Å²) in [6.45, 7) is 6.75. The van der Waals surface area contributed by atoms with E-state index in [2.05, 4.69) is 35.0 Å². The highest BCUT2D eigenvalue weighted by Crippen LogP contribution is 2.32. The minimum atomic E-state index is 0.487. The maximum absolute atomic E-state index is 6.14. The fourth-order valence-electron chi connectivity index (χ4n) is 3.07. The van der Waals surface area contributed by atoms with Crippen LogP contribution in [0.4, 0.5) is 5.82 Å². The van der Waals surface area contributed by atoms with Gasteiger partial charge in [-0.1, -0.05) is 49.7 Å². The standard InChI is InChI=1S/C16H20ClN3/c1-11(2)12-7-9-20(10-8-12)16-14-6-4-3-5-13(14)15(17)18-19-16/h3-6,11-12H,7-10H2,1-2H3. The van der Waals surface area contributed by atoms with Crippen molar-refractivity contribution in [1.29, 1.82) is 0 Å². The first kappa shape index (κ1) is 13.6. The molecular weight excluding hydrogens is 270 g/mol. The van der Waals surface area contributed by atoms with Crippen LogP contribution >= 0.6 is 11.6 Å². The fourth-order valence-corrected chi connectivity index (χ4v) is 3.27. The Morgan fingerprint density at radius 1 is 1.10 bits per heavy atom. The van der Waals surface area contributed by atoms with E-state index in [9.17, 15) is 0 Å². The summed E-state index contributed by atoms with van der Waals surface area (Å²) in [5.74, 6) is 2.58. The minimum absolute atomic E-state index is 0.487. The highest BCUT2D eigenvalue weighted by atomic mass is 35.5. The van der Waals surface area contributed by atoms with Gasteiger partial charge in [-0.3, -0.25) is 0 Å². The van der Waals surface area contributed by atoms with Crippen molar-refractivity contribution in [2.45, 2.75) is 26.7 Å². The van der Waals surface area contributed by atoms with Crippen LogP contribution in [-0.4, -0.2) is 23.3 Å². The number of benzene rings is 1. The lowest BCUT2D eigenvalue weighted by molar-refractivity contribution is 0.311. The van der Waals surface area contributed by atoms with E-state index in [0.29, 0.717) is 5.15 Å². The lowest BCUT2D eigenvalue weighted by Crippen LogP contribution is -2.36. The Morgan fingerprint density at radius 3 is 2.40 bits per heavy atom. The molecule has 1 fully saturated rings. The van der Waals surface area contributed by atoms with Crippen LogP contribution < -0.4 is 4.90 Å². The monoisotopic (exact) mass is 289 g/mol. The maximum atomic E-state index is 6.14. The van der Waals surface area contributed by atoms with E-state index in [0.717, 1.165) is 41.5 Å². The largest absolute Gasteiger partial charge is 0.355 e. The summed E-state index contributed by atoms with van der Waals surface area (Å²) in [6.07, 6.45) is 2.46. The lowest BCUT2D eigenvalue weighted by Gasteiger charge is -2.34. The van der Waals surface area contributed by atoms with Crippen molar-refractivity contribution in [2.24, 2.45) is 11.8 Å². The van der Waals surface area contributed by atoms with Crippen LogP contribution in [0.1, 0.15) is 26.7 Å². The van der Waals surface area contributed by atoms with E-state index in [1.165, 1.54) is 12.8 Å². The quantitative estimate of drug-likeness (QED) is 0.831. The predicted octanol–water partition coefficient (Wildman–Crippen LogP) is 4.16. The Balaban J connectivity index is 1.90. The molecule has 0 atom stereocenters. The van der Waals surface area contributed by atoms with Crippen LogP contribution in [0.3, 0.4) is 0 Å². The first-order valence-corrected chi connectivity index (χ1v) is 7.70. The Labute approximate surface area is 124 Å². The maximum Gasteiger partial charge on any atom is 0.159 e. The van der Waals surface area contributed by atoms with E-state index >= 15 is 0 Å². The molecule has 1 aliphatic rings. The zero-order valence-electron chi connectivity index (χ0n) is 12.0. The molecule has 0 amide bonds. The first-order chi connectivity index (χ1) is 9.66. The summed E-state index contributed by atoms with van der Waals surface area (Å²) in [5, 5.41) is 11.0. The van der Waals surface area contributed by atoms with Gasteiger partial charge in [0.05, 0.1) is 0 Å². The summed E-state index contributed by atoms with van der Waals surface area (Å²) >= 11 is 6.14. The van der Waals surface area contributed by atoms with Gasteiger partial charge in [-0.05, 0) is 24.7 Å². The number of rotatable bonds is 2. The average Bonchev–Trinajstić information content (AvgIpc) is 2.48. The second-order valence-electron chi connectivity index (χ2n) is 5.93. The van der Waals surface area contributed by atoms with Gasteiger partial charge in [0.2, 0.25) is 0 Å². The van der Waals surface area contributed by atoms with Crippen molar-refractivity contribution >= 4 is 28.2 Å². The van der Waals surface area contributed by atoms with E-state index in [1.807, 2.05) is 18.2 Å². The molecule has 1 aromatic carbocycles. The Bertz CT molecular complexity index is 604. The van der Waals surface area contributed by atoms with Crippen molar-refractivity contribution in [1.82, 2.24) is 10.2 Å². The second kappa shape index (κ2) is 5.57. The zero-order chi connectivity index (χ0) is 14.1. The smallest absolute Gasteiger partial charge is 0.159 e. The van der Waals surface area contributed by atoms with Crippen molar-refractivity contribution in [3.05, 3.63) is 29.4 Å². The third-order valence-corrected chi connectivity index (χ3v) is 4.68. The number of hydrogen-bond acceptors (Lipinski definition) is 3. The van der Waals surface area contributed by atoms with Gasteiger partial charge in [-0.15, -0.1) is 10.2 Å². The second-order valence-corrected chi connectivity index (χ2v) is 6.29. The van der Waals surface area contributed by atoms with Crippen LogP contribution in [0, 0.1) is 11.8 Å². The summed E-state index contributed by atoms with van der Waals surface area (Å²) in [4.78, 5) is 2.35. The van der Waals surface area contributed by atoms with Crippen LogP contribution in [-0.2, 0) is 0 Å². The molecule has 0 spiro atoms. The van der Waals surface area contributed by atoms with Crippen LogP contribution in [0.25, 0.3) is 10.8 Å². The Kier molecular flexibility index (Phi) is 3.79. The third-order valence-electron chi connectivity index (χ3n) is 4.40. The molecule has 3 rings (SSSR count). The summed E-state index contributed by atoms with van der Waals surface area (Å²) < 4.78 is 0. The van der Waals surface area contributed by atoms with E-state index < -0.39 is 0 Å². The van der Waals surface area contributed by atoms with Gasteiger partial charge < -0.3 is 4.90 Å². The Hall–Kier alpha value is -1.35. The molecule has 0 unspecified atom stereocenters. The number of anilines is 1. The van der Waals surface area contributed by atoms with Crippen molar-refractivity contribution in [3.8, 4) is 0 Å². The number of aromatic nitrogens is 2. The van der Waals surface area contributed by atoms with Gasteiger partial charge in [-0.2, -0.15) is 0 Å². The molecule has 20 heavy (non-hydrogen) atoms. The molecule has 2 aromatic rings. The molecule has 1 saturated heterocycles. The lowest BCUT2D eigenvalue weighted by atomic mass is 9.86. The van der Waals surface area contributed by atoms with E-state index in [1.54, 1.807) is 0 Å². The Morgan fingerprint density at radius 2 is 1.75 bits per heavy atom. The number of fused-ring (bicyclic) bond motifs is 1. The molecule has 1 aliphatic heterocycles. The molecule has 2 heterocycles. The predicted molar refractivity (Wildman–Crippen MR) is 84.3 cm³/mol. The summed E-state index contributed by atoms with van der Waals surface area (Å²) in [7, 11) is 0. The van der Waals surface area contributed by atoms with E-state index in [4.69, 9.17) is 11.6 Å². The topological polar surface area (TPSA) is 29.0 Å². The number of nitrogens with zero attached hydrogens (tertiary/aromatic N) is 3. The van der Waals surface area contributed by atoms with Crippen LogP contribution in [0.2, 0.25) is 5.15 Å². The van der Waals surface area contributed by atoms with Gasteiger partial charge in [0, 0.05) is 23.9 Å². The molecule has 0 N–H and O–H groups in total. The molecular formula is C16H20ClN3. The van der Waals surface area contributed by atoms with Gasteiger partial charge in [-0.25, -0.2) is 0 Å². The van der Waals surface area contributed by atoms with Gasteiger partial charge in [0.1, 0.15) is 0 Å². The molecule has 0 bridgehead atoms. The molecule has 1 aromatic heterocycles. The molecule has 3 nitrogen and oxygen atoms in total. The van der Waals surface area contributed by atoms with Gasteiger partial charge >= 0.3 is 0 Å². The third kappa shape index (κ3) is 2.47. The van der Waals surface area contributed by atoms with Crippen molar-refractivity contribution in [3.63, 3.8) is 0 Å². The average molecular weight is 290 g/mol. The van der Waals surface area contributed by atoms with E-state index in [-0.39, 0.29) is 0 Å². The molecule has 4 heteroatoms. The van der Waals surface area contributed by atoms with Gasteiger partial charge in [0.15, 0.2) is 11.0 Å². The highest BCUT2D eigenvalue weighted by molar-refractivity contribution is 6.34. The summed E-state index contributed by atoms with van der Waals surface area (Å²) in [6, 6.07) is 8.12. The highest BCUT2D eigenvalue weighted by Gasteiger charge is 2.23. The first-order valence-electron chi connectivity index (χ1n) is 7.32. The van der Waals surface area contributed by atoms with Crippen LogP contribution in [0.15, 0.2) is 24.3 Å². The van der Waals surface area contributed by atoms with Crippen LogP contribution in [0.5, 0.6) is 0 Å².